The van der Waals surface area contributed by atoms with E-state index >= 15 is 0 Å². The molecule has 7 heteroatoms. The normalized spacial score (nSPS) is 10.3. The van der Waals surface area contributed by atoms with Crippen molar-refractivity contribution < 1.29 is 18.7 Å². The van der Waals surface area contributed by atoms with Crippen LogP contribution in [-0.2, 0) is 9.53 Å². The van der Waals surface area contributed by atoms with Gasteiger partial charge in [-0.05, 0) is 42.8 Å². The Morgan fingerprint density at radius 3 is 2.43 bits per heavy atom. The number of hydrogen-bond acceptors (Lipinski definition) is 3. The van der Waals surface area contributed by atoms with Crippen LogP contribution in [0.5, 0.6) is 0 Å². The van der Waals surface area contributed by atoms with Crippen LogP contribution < -0.4 is 5.32 Å². The van der Waals surface area contributed by atoms with Crippen molar-refractivity contribution in [3.8, 4) is 0 Å². The zero-order valence-corrected chi connectivity index (χ0v) is 13.5. The van der Waals surface area contributed by atoms with Crippen molar-refractivity contribution in [2.24, 2.45) is 0 Å². The molecule has 0 fully saturated rings. The minimum Gasteiger partial charge on any atom is -0.452 e. The lowest BCUT2D eigenvalue weighted by Crippen LogP contribution is -2.21. The predicted octanol–water partition coefficient (Wildman–Crippen LogP) is 4.24. The second-order valence-corrected chi connectivity index (χ2v) is 5.47. The molecule has 0 unspecified atom stereocenters. The summed E-state index contributed by atoms with van der Waals surface area (Å²) in [6, 6.07) is 8.11. The van der Waals surface area contributed by atoms with Crippen LogP contribution in [0, 0.1) is 12.7 Å². The van der Waals surface area contributed by atoms with Gasteiger partial charge in [-0.1, -0.05) is 29.3 Å². The van der Waals surface area contributed by atoms with Gasteiger partial charge in [0.05, 0.1) is 21.3 Å². The van der Waals surface area contributed by atoms with Gasteiger partial charge in [0.2, 0.25) is 0 Å². The van der Waals surface area contributed by atoms with Crippen LogP contribution in [0.25, 0.3) is 0 Å². The van der Waals surface area contributed by atoms with Crippen molar-refractivity contribution in [3.63, 3.8) is 0 Å². The fourth-order valence-corrected chi connectivity index (χ4v) is 2.21. The van der Waals surface area contributed by atoms with Crippen LogP contribution in [0.4, 0.5) is 10.1 Å². The van der Waals surface area contributed by atoms with E-state index in [1.165, 1.54) is 12.1 Å². The summed E-state index contributed by atoms with van der Waals surface area (Å²) >= 11 is 12.1. The smallest absolute Gasteiger partial charge is 0.338 e. The van der Waals surface area contributed by atoms with Crippen molar-refractivity contribution in [1.82, 2.24) is 0 Å². The zero-order valence-electron chi connectivity index (χ0n) is 12.0. The molecule has 0 aliphatic rings. The second-order valence-electron chi connectivity index (χ2n) is 4.68. The Balaban J connectivity index is 1.97. The molecule has 0 aromatic heterocycles. The summed E-state index contributed by atoms with van der Waals surface area (Å²) < 4.78 is 17.6. The molecular weight excluding hydrogens is 344 g/mol. The maximum atomic E-state index is 12.8. The highest BCUT2D eigenvalue weighted by Gasteiger charge is 2.14. The first-order chi connectivity index (χ1) is 10.9. The summed E-state index contributed by atoms with van der Waals surface area (Å²) in [6.45, 7) is 1.25. The molecule has 4 nitrogen and oxygen atoms in total. The van der Waals surface area contributed by atoms with Gasteiger partial charge in [0.15, 0.2) is 6.61 Å². The summed E-state index contributed by atoms with van der Waals surface area (Å²) in [6.07, 6.45) is 0. The van der Waals surface area contributed by atoms with E-state index in [0.717, 1.165) is 17.7 Å². The van der Waals surface area contributed by atoms with Gasteiger partial charge in [0, 0.05) is 0 Å². The summed E-state index contributed by atoms with van der Waals surface area (Å²) in [5.41, 5.74) is 1.15. The number of benzene rings is 2. The van der Waals surface area contributed by atoms with Crippen LogP contribution in [0.15, 0.2) is 36.4 Å². The number of halogens is 3. The summed E-state index contributed by atoms with van der Waals surface area (Å²) in [4.78, 5) is 23.6. The Labute approximate surface area is 142 Å². The van der Waals surface area contributed by atoms with Gasteiger partial charge in [-0.15, -0.1) is 0 Å². The zero-order chi connectivity index (χ0) is 17.0. The molecule has 1 amide bonds. The Morgan fingerprint density at radius 1 is 1.13 bits per heavy atom. The monoisotopic (exact) mass is 355 g/mol. The van der Waals surface area contributed by atoms with E-state index in [4.69, 9.17) is 27.9 Å². The maximum Gasteiger partial charge on any atom is 0.338 e. The van der Waals surface area contributed by atoms with E-state index in [1.54, 1.807) is 19.1 Å². The van der Waals surface area contributed by atoms with Crippen LogP contribution in [0.3, 0.4) is 0 Å². The third kappa shape index (κ3) is 4.43. The Morgan fingerprint density at radius 2 is 1.78 bits per heavy atom. The minimum absolute atomic E-state index is 0.144. The topological polar surface area (TPSA) is 55.4 Å². The molecule has 2 aromatic rings. The van der Waals surface area contributed by atoms with Gasteiger partial charge in [0.1, 0.15) is 5.82 Å². The number of nitrogens with one attached hydrogen (secondary N) is 1. The molecule has 0 aliphatic heterocycles. The Hall–Kier alpha value is -2.11. The molecule has 0 radical (unpaired) electrons. The van der Waals surface area contributed by atoms with Crippen molar-refractivity contribution in [2.45, 2.75) is 6.92 Å². The average molecular weight is 356 g/mol. The number of rotatable bonds is 4. The van der Waals surface area contributed by atoms with Crippen molar-refractivity contribution >= 4 is 40.8 Å². The Kier molecular flexibility index (Phi) is 5.58. The minimum atomic E-state index is -0.735. The number of anilines is 1. The number of carbonyl (C=O) groups is 2. The highest BCUT2D eigenvalue weighted by molar-refractivity contribution is 6.40. The number of carbonyl (C=O) groups excluding carboxylic acids is 2. The first-order valence-corrected chi connectivity index (χ1v) is 7.31. The lowest BCUT2D eigenvalue weighted by Gasteiger charge is -2.11. The Bertz CT molecular complexity index is 748. The van der Waals surface area contributed by atoms with E-state index in [0.29, 0.717) is 5.02 Å². The van der Waals surface area contributed by atoms with E-state index in [9.17, 15) is 14.0 Å². The number of amides is 1. The predicted molar refractivity (Wildman–Crippen MR) is 86.5 cm³/mol. The van der Waals surface area contributed by atoms with Crippen LogP contribution in [0.1, 0.15) is 15.9 Å². The molecule has 0 saturated heterocycles. The third-order valence-electron chi connectivity index (χ3n) is 2.96. The molecule has 1 N–H and O–H groups in total. The summed E-state index contributed by atoms with van der Waals surface area (Å²) in [5.74, 6) is -1.79. The quantitative estimate of drug-likeness (QED) is 0.834. The fraction of sp³-hybridized carbons (Fsp3) is 0.125. The van der Waals surface area contributed by atoms with Crippen LogP contribution >= 0.6 is 23.2 Å². The molecule has 2 rings (SSSR count). The average Bonchev–Trinajstić information content (AvgIpc) is 2.53. The first kappa shape index (κ1) is 17.2. The molecule has 0 heterocycles. The van der Waals surface area contributed by atoms with Gasteiger partial charge in [-0.3, -0.25) is 4.79 Å². The van der Waals surface area contributed by atoms with Gasteiger partial charge in [0.25, 0.3) is 5.91 Å². The third-order valence-corrected chi connectivity index (χ3v) is 3.76. The summed E-state index contributed by atoms with van der Waals surface area (Å²) in [5, 5.41) is 3.09. The van der Waals surface area contributed by atoms with Crippen molar-refractivity contribution in [3.05, 3.63) is 63.4 Å². The highest BCUT2D eigenvalue weighted by atomic mass is 35.5. The summed E-state index contributed by atoms with van der Waals surface area (Å²) in [7, 11) is 0. The lowest BCUT2D eigenvalue weighted by atomic mass is 10.2. The van der Waals surface area contributed by atoms with Gasteiger partial charge < -0.3 is 10.1 Å². The number of esters is 1. The molecule has 0 bridgehead atoms. The van der Waals surface area contributed by atoms with E-state index < -0.39 is 24.3 Å². The molecule has 120 valence electrons. The van der Waals surface area contributed by atoms with E-state index in [1.807, 2.05) is 0 Å². The first-order valence-electron chi connectivity index (χ1n) is 6.55. The van der Waals surface area contributed by atoms with E-state index in [2.05, 4.69) is 5.32 Å². The molecule has 0 saturated carbocycles. The van der Waals surface area contributed by atoms with Gasteiger partial charge in [-0.25, -0.2) is 9.18 Å². The number of ether oxygens (including phenoxy) is 1. The maximum absolute atomic E-state index is 12.8. The number of aryl methyl sites for hydroxylation is 1. The van der Waals surface area contributed by atoms with Crippen molar-refractivity contribution in [2.75, 3.05) is 11.9 Å². The molecule has 0 atom stereocenters. The lowest BCUT2D eigenvalue weighted by molar-refractivity contribution is -0.119. The molecule has 2 aromatic carbocycles. The number of hydrogen-bond donors (Lipinski definition) is 1. The fourth-order valence-electron chi connectivity index (χ4n) is 1.75. The van der Waals surface area contributed by atoms with Gasteiger partial charge in [-0.2, -0.15) is 0 Å². The van der Waals surface area contributed by atoms with Crippen LogP contribution in [-0.4, -0.2) is 18.5 Å². The molecule has 0 spiro atoms. The molecular formula is C16H12Cl2FNO3. The standard InChI is InChI=1S/C16H12Cl2FNO3/c1-9-2-7-12(17)15(14(9)18)20-13(21)8-23-16(22)10-3-5-11(19)6-4-10/h2-7H,8H2,1H3,(H,20,21). The molecule has 23 heavy (non-hydrogen) atoms. The van der Waals surface area contributed by atoms with Crippen molar-refractivity contribution in [1.29, 1.82) is 0 Å². The van der Waals surface area contributed by atoms with Crippen LogP contribution in [0.2, 0.25) is 10.0 Å². The van der Waals surface area contributed by atoms with Gasteiger partial charge >= 0.3 is 5.97 Å². The second kappa shape index (κ2) is 7.44. The van der Waals surface area contributed by atoms with E-state index in [-0.39, 0.29) is 16.3 Å². The molecule has 0 aliphatic carbocycles. The SMILES string of the molecule is Cc1ccc(Cl)c(NC(=O)COC(=O)c2ccc(F)cc2)c1Cl. The highest BCUT2D eigenvalue weighted by Crippen LogP contribution is 2.32. The largest absolute Gasteiger partial charge is 0.452 e.